The van der Waals surface area contributed by atoms with Crippen LogP contribution in [0.2, 0.25) is 0 Å². The van der Waals surface area contributed by atoms with Gasteiger partial charge in [0.25, 0.3) is 5.91 Å². The highest BCUT2D eigenvalue weighted by Gasteiger charge is 2.12. The molecular weight excluding hydrogens is 247 g/mol. The van der Waals surface area contributed by atoms with E-state index in [0.717, 1.165) is 12.5 Å². The summed E-state index contributed by atoms with van der Waals surface area (Å²) in [5.41, 5.74) is 0.192. The zero-order valence-electron chi connectivity index (χ0n) is 9.47. The van der Waals surface area contributed by atoms with Crippen molar-refractivity contribution in [3.05, 3.63) is 23.9 Å². The Hall–Kier alpha value is -1.50. The second-order valence-electron chi connectivity index (χ2n) is 3.69. The Bertz CT molecular complexity index is 499. The van der Waals surface area contributed by atoms with Gasteiger partial charge in [-0.15, -0.1) is 0 Å². The summed E-state index contributed by atoms with van der Waals surface area (Å²) in [7, 11) is -3.38. The molecule has 94 valence electrons. The number of sulfone groups is 1. The van der Waals surface area contributed by atoms with Crippen LogP contribution in [0.1, 0.15) is 17.3 Å². The van der Waals surface area contributed by atoms with Gasteiger partial charge >= 0.3 is 0 Å². The largest absolute Gasteiger partial charge is 0.347 e. The van der Waals surface area contributed by atoms with E-state index in [1.54, 1.807) is 0 Å². The molecule has 0 aliphatic heterocycles. The monoisotopic (exact) mass is 260 g/mol. The van der Waals surface area contributed by atoms with E-state index in [9.17, 15) is 17.6 Å². The number of nitrogens with one attached hydrogen (secondary N) is 1. The van der Waals surface area contributed by atoms with Gasteiger partial charge in [0.2, 0.25) is 0 Å². The van der Waals surface area contributed by atoms with Gasteiger partial charge in [-0.05, 0) is 19.1 Å². The summed E-state index contributed by atoms with van der Waals surface area (Å²) in [5, 5.41) is 2.30. The number of hydrogen-bond acceptors (Lipinski definition) is 4. The van der Waals surface area contributed by atoms with Gasteiger partial charge in [-0.1, -0.05) is 0 Å². The minimum absolute atomic E-state index is 0.104. The van der Waals surface area contributed by atoms with Crippen molar-refractivity contribution in [2.75, 3.05) is 12.9 Å². The third kappa shape index (κ3) is 3.77. The molecule has 1 atom stereocenters. The first kappa shape index (κ1) is 13.6. The minimum Gasteiger partial charge on any atom is -0.347 e. The number of pyridine rings is 1. The molecule has 0 saturated carbocycles. The lowest BCUT2D eigenvalue weighted by molar-refractivity contribution is 0.0933. The van der Waals surface area contributed by atoms with Crippen molar-refractivity contribution in [1.82, 2.24) is 10.3 Å². The molecule has 0 aliphatic carbocycles. The van der Waals surface area contributed by atoms with Gasteiger partial charge in [-0.2, -0.15) is 0 Å². The van der Waals surface area contributed by atoms with E-state index in [2.05, 4.69) is 10.3 Å². The SMILES string of the molecule is C[C@@H](CF)NC(=O)c1ccc(S(C)(=O)=O)nc1. The van der Waals surface area contributed by atoms with Crippen molar-refractivity contribution >= 4 is 15.7 Å². The number of carbonyl (C=O) groups excluding carboxylic acids is 1. The maximum atomic E-state index is 12.2. The molecule has 1 amide bonds. The van der Waals surface area contributed by atoms with E-state index in [1.165, 1.54) is 19.1 Å². The van der Waals surface area contributed by atoms with E-state index >= 15 is 0 Å². The van der Waals surface area contributed by atoms with Crippen LogP contribution < -0.4 is 5.32 Å². The topological polar surface area (TPSA) is 76.1 Å². The van der Waals surface area contributed by atoms with Crippen LogP contribution in [0.15, 0.2) is 23.4 Å². The van der Waals surface area contributed by atoms with E-state index in [4.69, 9.17) is 0 Å². The summed E-state index contributed by atoms with van der Waals surface area (Å²) >= 11 is 0. The highest BCUT2D eigenvalue weighted by Crippen LogP contribution is 2.06. The van der Waals surface area contributed by atoms with Crippen molar-refractivity contribution in [3.8, 4) is 0 Å². The molecule has 7 heteroatoms. The maximum absolute atomic E-state index is 12.2. The molecule has 1 heterocycles. The molecule has 0 saturated heterocycles. The van der Waals surface area contributed by atoms with Crippen LogP contribution in [0.4, 0.5) is 4.39 Å². The Labute approximate surface area is 99.0 Å². The van der Waals surface area contributed by atoms with Gasteiger partial charge in [0.05, 0.1) is 11.6 Å². The van der Waals surface area contributed by atoms with Crippen molar-refractivity contribution in [3.63, 3.8) is 0 Å². The molecule has 1 aromatic heterocycles. The highest BCUT2D eigenvalue weighted by molar-refractivity contribution is 7.90. The predicted octanol–water partition coefficient (Wildman–Crippen LogP) is 0.573. The lowest BCUT2D eigenvalue weighted by Crippen LogP contribution is -2.34. The molecule has 0 aromatic carbocycles. The summed E-state index contributed by atoms with van der Waals surface area (Å²) in [4.78, 5) is 15.2. The molecule has 1 aromatic rings. The molecule has 0 fully saturated rings. The van der Waals surface area contributed by atoms with E-state index < -0.39 is 28.5 Å². The Morgan fingerprint density at radius 3 is 2.59 bits per heavy atom. The number of hydrogen-bond donors (Lipinski definition) is 1. The number of halogens is 1. The molecular formula is C10H13FN2O3S. The first-order chi connectivity index (χ1) is 7.84. The summed E-state index contributed by atoms with van der Waals surface area (Å²) in [6.07, 6.45) is 2.18. The Kier molecular flexibility index (Phi) is 4.17. The fourth-order valence-corrected chi connectivity index (χ4v) is 1.64. The van der Waals surface area contributed by atoms with Gasteiger partial charge in [0.15, 0.2) is 14.9 Å². The quantitative estimate of drug-likeness (QED) is 0.858. The van der Waals surface area contributed by atoms with E-state index in [1.807, 2.05) is 0 Å². The summed E-state index contributed by atoms with van der Waals surface area (Å²) < 4.78 is 34.4. The number of nitrogens with zero attached hydrogens (tertiary/aromatic N) is 1. The molecule has 5 nitrogen and oxygen atoms in total. The van der Waals surface area contributed by atoms with E-state index in [0.29, 0.717) is 0 Å². The van der Waals surface area contributed by atoms with Crippen LogP contribution in [-0.4, -0.2) is 38.3 Å². The minimum atomic E-state index is -3.38. The van der Waals surface area contributed by atoms with Crippen molar-refractivity contribution < 1.29 is 17.6 Å². The molecule has 17 heavy (non-hydrogen) atoms. The van der Waals surface area contributed by atoms with Crippen LogP contribution in [0.3, 0.4) is 0 Å². The van der Waals surface area contributed by atoms with Crippen molar-refractivity contribution in [1.29, 1.82) is 0 Å². The molecule has 0 unspecified atom stereocenters. The van der Waals surface area contributed by atoms with Crippen molar-refractivity contribution in [2.24, 2.45) is 0 Å². The van der Waals surface area contributed by atoms with E-state index in [-0.39, 0.29) is 10.6 Å². The fraction of sp³-hybridized carbons (Fsp3) is 0.400. The Balaban J connectivity index is 2.85. The second-order valence-corrected chi connectivity index (χ2v) is 5.65. The highest BCUT2D eigenvalue weighted by atomic mass is 32.2. The first-order valence-corrected chi connectivity index (χ1v) is 6.76. The van der Waals surface area contributed by atoms with Crippen LogP contribution in [0, 0.1) is 0 Å². The molecule has 1 rings (SSSR count). The third-order valence-corrected chi connectivity index (χ3v) is 2.99. The molecule has 1 N–H and O–H groups in total. The number of carbonyl (C=O) groups is 1. The standard InChI is InChI=1S/C10H13FN2O3S/c1-7(5-11)13-10(14)8-3-4-9(12-6-8)17(2,15)16/h3-4,6-7H,5H2,1-2H3,(H,13,14)/t7-/m0/s1. The number of amides is 1. The maximum Gasteiger partial charge on any atom is 0.253 e. The normalized spacial score (nSPS) is 13.1. The lowest BCUT2D eigenvalue weighted by Gasteiger charge is -2.09. The average Bonchev–Trinajstić information content (AvgIpc) is 2.27. The van der Waals surface area contributed by atoms with Gasteiger partial charge in [-0.25, -0.2) is 17.8 Å². The Morgan fingerprint density at radius 1 is 1.53 bits per heavy atom. The van der Waals surface area contributed by atoms with Gasteiger partial charge in [0.1, 0.15) is 6.67 Å². The summed E-state index contributed by atoms with van der Waals surface area (Å²) in [6.45, 7) is 0.858. The zero-order valence-corrected chi connectivity index (χ0v) is 10.3. The van der Waals surface area contributed by atoms with Crippen LogP contribution in [0.5, 0.6) is 0 Å². The average molecular weight is 260 g/mol. The lowest BCUT2D eigenvalue weighted by atomic mass is 10.2. The Morgan fingerprint density at radius 2 is 2.18 bits per heavy atom. The molecule has 0 bridgehead atoms. The van der Waals surface area contributed by atoms with Crippen LogP contribution in [0.25, 0.3) is 0 Å². The van der Waals surface area contributed by atoms with Gasteiger partial charge in [-0.3, -0.25) is 4.79 Å². The predicted molar refractivity (Wildman–Crippen MR) is 60.3 cm³/mol. The smallest absolute Gasteiger partial charge is 0.253 e. The number of aromatic nitrogens is 1. The van der Waals surface area contributed by atoms with Crippen LogP contribution in [-0.2, 0) is 9.84 Å². The van der Waals surface area contributed by atoms with Gasteiger partial charge < -0.3 is 5.32 Å². The van der Waals surface area contributed by atoms with Crippen LogP contribution >= 0.6 is 0 Å². The fourth-order valence-electron chi connectivity index (χ4n) is 1.08. The molecule has 0 spiro atoms. The summed E-state index contributed by atoms with van der Waals surface area (Å²) in [5.74, 6) is -0.484. The third-order valence-electron chi connectivity index (χ3n) is 1.99. The first-order valence-electron chi connectivity index (χ1n) is 4.87. The summed E-state index contributed by atoms with van der Waals surface area (Å²) in [6, 6.07) is 1.99. The van der Waals surface area contributed by atoms with Gasteiger partial charge in [0, 0.05) is 12.5 Å². The molecule has 0 aliphatic rings. The number of rotatable bonds is 4. The van der Waals surface area contributed by atoms with Crippen molar-refractivity contribution in [2.45, 2.75) is 18.0 Å². The number of alkyl halides is 1. The molecule has 0 radical (unpaired) electrons. The second kappa shape index (κ2) is 5.22. The zero-order chi connectivity index (χ0) is 13.1.